The summed E-state index contributed by atoms with van der Waals surface area (Å²) in [5, 5.41) is 2.04. The Kier molecular flexibility index (Phi) is 9.56. The predicted octanol–water partition coefficient (Wildman–Crippen LogP) is 13.8. The van der Waals surface area contributed by atoms with Gasteiger partial charge in [-0.3, -0.25) is 0 Å². The first-order valence-electron chi connectivity index (χ1n) is 22.1. The Labute approximate surface area is 359 Å². The molecule has 4 heteroatoms. The molecule has 0 N–H and O–H groups in total. The first kappa shape index (κ1) is 31.2. The Morgan fingerprint density at radius 3 is 2.02 bits per heavy atom. The Bertz CT molecular complexity index is 3040. The van der Waals surface area contributed by atoms with Gasteiger partial charge in [-0.25, -0.2) is 0 Å². The van der Waals surface area contributed by atoms with E-state index in [2.05, 4.69) is 52.4 Å². The number of furan rings is 1. The van der Waals surface area contributed by atoms with E-state index in [-0.39, 0.29) is 31.2 Å². The Morgan fingerprint density at radius 2 is 1.32 bits per heavy atom. The van der Waals surface area contributed by atoms with Crippen LogP contribution in [-0.4, -0.2) is 9.97 Å². The van der Waals surface area contributed by atoms with Gasteiger partial charge in [-0.05, 0) is 81.9 Å². The van der Waals surface area contributed by atoms with Gasteiger partial charge in [0.15, 0.2) is 0 Å². The number of benzene rings is 6. The number of aromatic nitrogens is 2. The SMILES string of the molecule is [2H]C([2H])([2H])c1cnc(-c2[c-]ccc(-c3ccccc3)c2)cc1C([2H])([2H])c1ccccc1.[2H]C([2H])(c1ccnc(-c2[c-]ccc3c2oc2cc(-c4ccccc4)ccc23)c1)C(C)(C)C.[Ir]. The fourth-order valence-electron chi connectivity index (χ4n) is 6.63. The number of aryl methyl sites for hydroxylation is 1. The van der Waals surface area contributed by atoms with E-state index in [4.69, 9.17) is 14.0 Å². The molecular formula is C53H44IrN2O-2. The molecule has 9 rings (SSSR count). The zero-order valence-corrected chi connectivity index (χ0v) is 34.2. The van der Waals surface area contributed by atoms with Crippen LogP contribution in [0.3, 0.4) is 0 Å². The summed E-state index contributed by atoms with van der Waals surface area (Å²) < 4.78 is 64.8. The van der Waals surface area contributed by atoms with E-state index in [1.165, 1.54) is 12.3 Å². The van der Waals surface area contributed by atoms with E-state index in [9.17, 15) is 0 Å². The van der Waals surface area contributed by atoms with Crippen molar-refractivity contribution >= 4 is 21.9 Å². The molecule has 0 saturated heterocycles. The first-order chi connectivity index (χ1) is 30.0. The summed E-state index contributed by atoms with van der Waals surface area (Å²) in [5.41, 5.74) is 8.75. The molecule has 3 nitrogen and oxygen atoms in total. The van der Waals surface area contributed by atoms with Crippen LogP contribution in [0.25, 0.3) is 66.7 Å². The van der Waals surface area contributed by atoms with Crippen molar-refractivity contribution in [2.75, 3.05) is 0 Å². The Balaban J connectivity index is 0.000000189. The zero-order valence-electron chi connectivity index (χ0n) is 38.8. The van der Waals surface area contributed by atoms with Crippen molar-refractivity contribution in [3.63, 3.8) is 0 Å². The number of nitrogens with zero attached hydrogens (tertiary/aromatic N) is 2. The molecule has 0 unspecified atom stereocenters. The molecule has 9 aromatic rings. The van der Waals surface area contributed by atoms with E-state index in [1.807, 2.05) is 99.6 Å². The zero-order chi connectivity index (χ0) is 44.6. The summed E-state index contributed by atoms with van der Waals surface area (Å²) in [6.07, 6.45) is -0.574. The molecule has 1 radical (unpaired) electrons. The first-order valence-corrected chi connectivity index (χ1v) is 18.6. The second-order valence-electron chi connectivity index (χ2n) is 14.5. The molecule has 283 valence electrons. The third kappa shape index (κ3) is 9.38. The maximum atomic E-state index is 8.74. The van der Waals surface area contributed by atoms with Crippen molar-refractivity contribution in [3.8, 4) is 44.8 Å². The summed E-state index contributed by atoms with van der Waals surface area (Å²) >= 11 is 0. The standard InChI is InChI=1S/C28H24NO.C25H20N.Ir/c1-28(2,3)18-19-14-15-29-25(16-19)24-11-7-10-23-22-13-12-21(17-26(22)30-27(23)24)20-8-5-4-6-9-20;1-19-18-26-25(17-24(19)15-20-9-4-2-5-10-20)23-14-8-13-22(16-23)21-11-6-3-7-12-21;/h4-10,12-17H,18H2,1-3H3;2-13,16-18H,15H2,1H3;/q2*-1;/i18D2;1D3,15D2;. The minimum absolute atomic E-state index is 0. The van der Waals surface area contributed by atoms with Gasteiger partial charge in [-0.1, -0.05) is 153 Å². The maximum absolute atomic E-state index is 8.74. The number of rotatable bonds is 7. The molecular weight excluding hydrogens is 873 g/mol. The number of pyridine rings is 2. The van der Waals surface area contributed by atoms with E-state index in [1.54, 1.807) is 48.7 Å². The van der Waals surface area contributed by atoms with Gasteiger partial charge in [0.05, 0.1) is 5.58 Å². The molecule has 0 aliphatic rings. The molecule has 0 bridgehead atoms. The molecule has 0 fully saturated rings. The maximum Gasteiger partial charge on any atom is 0.121 e. The average Bonchev–Trinajstić information content (AvgIpc) is 3.68. The summed E-state index contributed by atoms with van der Waals surface area (Å²) in [4.78, 5) is 8.89. The summed E-state index contributed by atoms with van der Waals surface area (Å²) in [6.45, 7) is 3.23. The average molecular weight is 924 g/mol. The van der Waals surface area contributed by atoms with Crippen LogP contribution in [0.1, 0.15) is 52.6 Å². The monoisotopic (exact) mass is 924 g/mol. The van der Waals surface area contributed by atoms with Gasteiger partial charge in [-0.2, -0.15) is 0 Å². The van der Waals surface area contributed by atoms with Gasteiger partial charge in [0, 0.05) is 47.5 Å². The molecule has 0 spiro atoms. The molecule has 57 heavy (non-hydrogen) atoms. The number of fused-ring (bicyclic) bond motifs is 3. The fraction of sp³-hybridized carbons (Fsp3) is 0.132. The van der Waals surface area contributed by atoms with Crippen molar-refractivity contribution in [2.24, 2.45) is 5.41 Å². The van der Waals surface area contributed by atoms with Crippen molar-refractivity contribution < 1.29 is 34.1 Å². The quantitative estimate of drug-likeness (QED) is 0.150. The summed E-state index contributed by atoms with van der Waals surface area (Å²) in [5.74, 6) is 0. The van der Waals surface area contributed by atoms with Gasteiger partial charge in [-0.15, -0.1) is 53.6 Å². The Morgan fingerprint density at radius 1 is 0.632 bits per heavy atom. The van der Waals surface area contributed by atoms with Gasteiger partial charge in [0.1, 0.15) is 5.58 Å². The molecule has 3 heterocycles. The summed E-state index contributed by atoms with van der Waals surface area (Å²) in [7, 11) is 0. The third-order valence-electron chi connectivity index (χ3n) is 9.22. The van der Waals surface area contributed by atoms with Gasteiger partial charge in [0.2, 0.25) is 0 Å². The molecule has 0 amide bonds. The smallest absolute Gasteiger partial charge is 0.121 e. The van der Waals surface area contributed by atoms with Crippen LogP contribution in [0.4, 0.5) is 0 Å². The molecule has 0 aliphatic carbocycles. The predicted molar refractivity (Wildman–Crippen MR) is 232 cm³/mol. The molecule has 0 aliphatic heterocycles. The second kappa shape index (κ2) is 17.5. The molecule has 3 aromatic heterocycles. The van der Waals surface area contributed by atoms with Crippen LogP contribution >= 0.6 is 0 Å². The fourth-order valence-corrected chi connectivity index (χ4v) is 6.63. The van der Waals surface area contributed by atoms with Crippen molar-refractivity contribution in [1.29, 1.82) is 0 Å². The van der Waals surface area contributed by atoms with Crippen molar-refractivity contribution in [1.82, 2.24) is 9.97 Å². The summed E-state index contributed by atoms with van der Waals surface area (Å²) in [6, 6.07) is 56.0. The number of hydrogen-bond donors (Lipinski definition) is 0. The number of hydrogen-bond acceptors (Lipinski definition) is 3. The Hall–Kier alpha value is -5.93. The van der Waals surface area contributed by atoms with Crippen LogP contribution in [0.15, 0.2) is 175 Å². The van der Waals surface area contributed by atoms with Gasteiger partial charge < -0.3 is 14.4 Å². The van der Waals surface area contributed by atoms with E-state index < -0.39 is 25.0 Å². The van der Waals surface area contributed by atoms with Crippen LogP contribution < -0.4 is 0 Å². The van der Waals surface area contributed by atoms with Gasteiger partial charge in [0.25, 0.3) is 0 Å². The van der Waals surface area contributed by atoms with Crippen LogP contribution in [0, 0.1) is 24.4 Å². The van der Waals surface area contributed by atoms with E-state index in [0.29, 0.717) is 33.7 Å². The van der Waals surface area contributed by atoms with E-state index in [0.717, 1.165) is 44.2 Å². The van der Waals surface area contributed by atoms with Gasteiger partial charge >= 0.3 is 0 Å². The minimum Gasteiger partial charge on any atom is -0.501 e. The minimum atomic E-state index is -2.49. The van der Waals surface area contributed by atoms with Crippen LogP contribution in [-0.2, 0) is 32.9 Å². The van der Waals surface area contributed by atoms with E-state index >= 15 is 0 Å². The van der Waals surface area contributed by atoms with Crippen LogP contribution in [0.5, 0.6) is 0 Å². The third-order valence-corrected chi connectivity index (χ3v) is 9.22. The van der Waals surface area contributed by atoms with Crippen LogP contribution in [0.2, 0.25) is 0 Å². The molecule has 0 atom stereocenters. The second-order valence-corrected chi connectivity index (χ2v) is 14.5. The topological polar surface area (TPSA) is 38.9 Å². The van der Waals surface area contributed by atoms with Crippen molar-refractivity contribution in [2.45, 2.75) is 40.4 Å². The van der Waals surface area contributed by atoms with Crippen molar-refractivity contribution in [3.05, 3.63) is 205 Å². The molecule has 6 aromatic carbocycles. The molecule has 0 saturated carbocycles. The largest absolute Gasteiger partial charge is 0.501 e. The normalized spacial score (nSPS) is 13.7.